The van der Waals surface area contributed by atoms with E-state index >= 15 is 0 Å². The molecule has 0 unspecified atom stereocenters. The van der Waals surface area contributed by atoms with Gasteiger partial charge in [0.1, 0.15) is 0 Å². The monoisotopic (exact) mass is 331 g/mol. The molecule has 0 aliphatic rings. The van der Waals surface area contributed by atoms with Crippen LogP contribution in [-0.2, 0) is 4.79 Å². The molecule has 0 spiro atoms. The van der Waals surface area contributed by atoms with Gasteiger partial charge in [-0.3, -0.25) is 4.79 Å². The van der Waals surface area contributed by atoms with Crippen molar-refractivity contribution in [3.8, 4) is 0 Å². The maximum Gasteiger partial charge on any atom is 0.293 e. The van der Waals surface area contributed by atoms with Gasteiger partial charge in [0.05, 0.1) is 5.69 Å². The molecule has 2 aromatic carbocycles. The molecule has 1 amide bonds. The highest BCUT2D eigenvalue weighted by molar-refractivity contribution is 5.92. The van der Waals surface area contributed by atoms with Gasteiger partial charge in [-0.15, -0.1) is 0 Å². The molecule has 122 valence electrons. The molecule has 0 saturated heterocycles. The van der Waals surface area contributed by atoms with Crippen molar-refractivity contribution >= 4 is 22.4 Å². The lowest BCUT2D eigenvalue weighted by Gasteiger charge is -2.10. The Morgan fingerprint density at radius 3 is 2.46 bits per heavy atom. The summed E-state index contributed by atoms with van der Waals surface area (Å²) < 4.78 is 41.5. The normalized spacial score (nSPS) is 12.2. The van der Waals surface area contributed by atoms with Crippen LogP contribution < -0.4 is 9.88 Å². The van der Waals surface area contributed by atoms with Crippen molar-refractivity contribution in [2.24, 2.45) is 0 Å². The molecule has 0 fully saturated rings. The summed E-state index contributed by atoms with van der Waals surface area (Å²) in [4.78, 5) is 12.3. The number of hydrogen-bond acceptors (Lipinski definition) is 1. The Kier molecular flexibility index (Phi) is 4.20. The number of carbonyl (C=O) groups is 1. The van der Waals surface area contributed by atoms with Crippen LogP contribution in [0.5, 0.6) is 0 Å². The zero-order valence-corrected chi connectivity index (χ0v) is 12.8. The van der Waals surface area contributed by atoms with Gasteiger partial charge in [0.25, 0.3) is 5.91 Å². The van der Waals surface area contributed by atoms with Gasteiger partial charge in [-0.2, -0.15) is 4.57 Å². The lowest BCUT2D eigenvalue weighted by Crippen LogP contribution is -2.44. The van der Waals surface area contributed by atoms with Crippen LogP contribution in [0.1, 0.15) is 13.0 Å². The van der Waals surface area contributed by atoms with E-state index in [-0.39, 0.29) is 0 Å². The van der Waals surface area contributed by atoms with Crippen molar-refractivity contribution in [3.05, 3.63) is 72.3 Å². The Labute approximate surface area is 136 Å². The van der Waals surface area contributed by atoms with E-state index in [1.165, 1.54) is 0 Å². The number of aromatic nitrogens is 1. The molecule has 1 heterocycles. The standard InChI is InChI=1S/C18H13F3N2O/c1-11(23-9-8-12-4-2-3-5-13(12)10-23)18(24)22-15-7-6-14(19)16(20)17(15)21/h2-11H,1H3/p+1/t11-/m1/s1. The Hall–Kier alpha value is -2.89. The van der Waals surface area contributed by atoms with E-state index in [0.29, 0.717) is 0 Å². The molecule has 1 atom stereocenters. The van der Waals surface area contributed by atoms with Gasteiger partial charge in [0.2, 0.25) is 6.04 Å². The number of nitrogens with zero attached hydrogens (tertiary/aromatic N) is 1. The number of halogens is 3. The van der Waals surface area contributed by atoms with Crippen LogP contribution in [0.15, 0.2) is 54.9 Å². The van der Waals surface area contributed by atoms with Gasteiger partial charge < -0.3 is 5.32 Å². The molecule has 3 nitrogen and oxygen atoms in total. The van der Waals surface area contributed by atoms with E-state index < -0.39 is 35.1 Å². The topological polar surface area (TPSA) is 33.0 Å². The molecule has 1 N–H and O–H groups in total. The molecule has 0 saturated carbocycles. The van der Waals surface area contributed by atoms with Gasteiger partial charge in [0, 0.05) is 18.4 Å². The molecule has 0 bridgehead atoms. The summed E-state index contributed by atoms with van der Waals surface area (Å²) in [5, 5.41) is 4.25. The Morgan fingerprint density at radius 2 is 1.71 bits per heavy atom. The van der Waals surface area contributed by atoms with Crippen LogP contribution in [0.25, 0.3) is 10.8 Å². The van der Waals surface area contributed by atoms with Crippen molar-refractivity contribution < 1.29 is 22.5 Å². The summed E-state index contributed by atoms with van der Waals surface area (Å²) in [7, 11) is 0. The maximum absolute atomic E-state index is 13.7. The predicted octanol–water partition coefficient (Wildman–Crippen LogP) is 3.74. The number of fused-ring (bicyclic) bond motifs is 1. The SMILES string of the molecule is C[C@H](C(=O)Nc1ccc(F)c(F)c1F)[n+]1ccc2ccccc2c1. The third kappa shape index (κ3) is 2.95. The summed E-state index contributed by atoms with van der Waals surface area (Å²) in [6, 6.07) is 10.6. The van der Waals surface area contributed by atoms with Gasteiger partial charge in [-0.25, -0.2) is 13.2 Å². The average molecular weight is 331 g/mol. The van der Waals surface area contributed by atoms with Crippen LogP contribution in [0.3, 0.4) is 0 Å². The van der Waals surface area contributed by atoms with Crippen molar-refractivity contribution in [1.29, 1.82) is 0 Å². The number of nitrogens with one attached hydrogen (secondary N) is 1. The highest BCUT2D eigenvalue weighted by Gasteiger charge is 2.24. The molecule has 6 heteroatoms. The number of amides is 1. The van der Waals surface area contributed by atoms with Gasteiger partial charge in [-0.05, 0) is 23.6 Å². The molecule has 0 radical (unpaired) electrons. The lowest BCUT2D eigenvalue weighted by atomic mass is 10.1. The van der Waals surface area contributed by atoms with Crippen LogP contribution in [-0.4, -0.2) is 5.91 Å². The summed E-state index contributed by atoms with van der Waals surface area (Å²) in [5.74, 6) is -4.87. The maximum atomic E-state index is 13.7. The molecular weight excluding hydrogens is 317 g/mol. The fraction of sp³-hybridized carbons (Fsp3) is 0.111. The summed E-state index contributed by atoms with van der Waals surface area (Å²) in [6.45, 7) is 1.63. The molecule has 24 heavy (non-hydrogen) atoms. The minimum Gasteiger partial charge on any atom is -0.318 e. The van der Waals surface area contributed by atoms with Crippen molar-refractivity contribution in [3.63, 3.8) is 0 Å². The number of anilines is 1. The summed E-state index contributed by atoms with van der Waals surface area (Å²) in [5.41, 5.74) is -0.396. The highest BCUT2D eigenvalue weighted by atomic mass is 19.2. The first-order chi connectivity index (χ1) is 11.5. The van der Waals surface area contributed by atoms with Gasteiger partial charge in [-0.1, -0.05) is 18.2 Å². The number of hydrogen-bond donors (Lipinski definition) is 1. The molecule has 0 aliphatic heterocycles. The predicted molar refractivity (Wildman–Crippen MR) is 83.8 cm³/mol. The van der Waals surface area contributed by atoms with E-state index in [9.17, 15) is 18.0 Å². The molecule has 3 aromatic rings. The number of benzene rings is 2. The Morgan fingerprint density at radius 1 is 1.00 bits per heavy atom. The number of pyridine rings is 1. The fourth-order valence-corrected chi connectivity index (χ4v) is 2.39. The number of carbonyl (C=O) groups excluding carboxylic acids is 1. The van der Waals surface area contributed by atoms with Crippen LogP contribution >= 0.6 is 0 Å². The zero-order chi connectivity index (χ0) is 17.3. The second-order valence-electron chi connectivity index (χ2n) is 5.41. The van der Waals surface area contributed by atoms with Crippen molar-refractivity contribution in [2.45, 2.75) is 13.0 Å². The minimum atomic E-state index is -1.61. The summed E-state index contributed by atoms with van der Waals surface area (Å²) in [6.07, 6.45) is 3.52. The highest BCUT2D eigenvalue weighted by Crippen LogP contribution is 2.20. The first-order valence-corrected chi connectivity index (χ1v) is 7.31. The summed E-state index contributed by atoms with van der Waals surface area (Å²) >= 11 is 0. The molecule has 0 aliphatic carbocycles. The fourth-order valence-electron chi connectivity index (χ4n) is 2.39. The van der Waals surface area contributed by atoms with E-state index in [0.717, 1.165) is 22.9 Å². The van der Waals surface area contributed by atoms with Crippen LogP contribution in [0.4, 0.5) is 18.9 Å². The smallest absolute Gasteiger partial charge is 0.293 e. The lowest BCUT2D eigenvalue weighted by molar-refractivity contribution is -0.704. The number of rotatable bonds is 3. The van der Waals surface area contributed by atoms with E-state index in [1.54, 1.807) is 23.9 Å². The second kappa shape index (κ2) is 6.31. The van der Waals surface area contributed by atoms with E-state index in [2.05, 4.69) is 5.32 Å². The van der Waals surface area contributed by atoms with Gasteiger partial charge in [0.15, 0.2) is 29.8 Å². The van der Waals surface area contributed by atoms with Crippen molar-refractivity contribution in [1.82, 2.24) is 0 Å². The Bertz CT molecular complexity index is 927. The molecular formula is C18H14F3N2O+. The first kappa shape index (κ1) is 16.0. The third-order valence-electron chi connectivity index (χ3n) is 3.83. The zero-order valence-electron chi connectivity index (χ0n) is 12.8. The molecule has 1 aromatic heterocycles. The first-order valence-electron chi connectivity index (χ1n) is 7.31. The second-order valence-corrected chi connectivity index (χ2v) is 5.41. The average Bonchev–Trinajstić information content (AvgIpc) is 2.61. The Balaban J connectivity index is 1.85. The van der Waals surface area contributed by atoms with Crippen LogP contribution in [0.2, 0.25) is 0 Å². The van der Waals surface area contributed by atoms with E-state index in [4.69, 9.17) is 0 Å². The largest absolute Gasteiger partial charge is 0.318 e. The third-order valence-corrected chi connectivity index (χ3v) is 3.83. The molecule has 3 rings (SSSR count). The van der Waals surface area contributed by atoms with E-state index in [1.807, 2.05) is 30.3 Å². The van der Waals surface area contributed by atoms with Crippen molar-refractivity contribution in [2.75, 3.05) is 5.32 Å². The minimum absolute atomic E-state index is 0.396. The van der Waals surface area contributed by atoms with Crippen LogP contribution in [0, 0.1) is 17.5 Å². The van der Waals surface area contributed by atoms with Gasteiger partial charge >= 0.3 is 0 Å². The quantitative estimate of drug-likeness (QED) is 0.575.